The highest BCUT2D eigenvalue weighted by atomic mass is 16.5. The summed E-state index contributed by atoms with van der Waals surface area (Å²) in [7, 11) is 1.74. The van der Waals surface area contributed by atoms with Gasteiger partial charge in [0.25, 0.3) is 0 Å². The summed E-state index contributed by atoms with van der Waals surface area (Å²) in [5.41, 5.74) is 3.72. The molecule has 2 heterocycles. The number of fused-ring (bicyclic) bond motifs is 1. The van der Waals surface area contributed by atoms with Crippen molar-refractivity contribution in [3.05, 3.63) is 22.8 Å². The predicted octanol–water partition coefficient (Wildman–Crippen LogP) is 2.17. The van der Waals surface area contributed by atoms with Gasteiger partial charge >= 0.3 is 0 Å². The highest BCUT2D eigenvalue weighted by Crippen LogP contribution is 2.23. The van der Waals surface area contributed by atoms with E-state index in [-0.39, 0.29) is 6.10 Å². The van der Waals surface area contributed by atoms with Gasteiger partial charge in [-0.3, -0.25) is 0 Å². The van der Waals surface area contributed by atoms with Crippen molar-refractivity contribution < 1.29 is 4.74 Å². The van der Waals surface area contributed by atoms with Gasteiger partial charge in [0.05, 0.1) is 5.69 Å². The lowest BCUT2D eigenvalue weighted by Crippen LogP contribution is -2.27. The maximum atomic E-state index is 5.52. The van der Waals surface area contributed by atoms with Gasteiger partial charge in [0.1, 0.15) is 6.10 Å². The number of hydrogen-bond donors (Lipinski definition) is 1. The Balaban J connectivity index is 2.36. The molecule has 1 aliphatic heterocycles. The zero-order chi connectivity index (χ0) is 13.0. The first-order valence-electron chi connectivity index (χ1n) is 6.92. The molecule has 1 N–H and O–H groups in total. The fraction of sp³-hybridized carbons (Fsp3) is 0.714. The summed E-state index contributed by atoms with van der Waals surface area (Å²) < 4.78 is 5.52. The summed E-state index contributed by atoms with van der Waals surface area (Å²) in [5, 5.41) is 3.38. The molecule has 0 saturated carbocycles. The van der Waals surface area contributed by atoms with E-state index < -0.39 is 0 Å². The number of nitrogens with one attached hydrogen (secondary N) is 1. The van der Waals surface area contributed by atoms with Crippen LogP contribution in [-0.2, 0) is 24.1 Å². The topological polar surface area (TPSA) is 47.0 Å². The van der Waals surface area contributed by atoms with Crippen molar-refractivity contribution in [3.63, 3.8) is 0 Å². The molecule has 1 aliphatic rings. The Morgan fingerprint density at radius 2 is 2.17 bits per heavy atom. The Morgan fingerprint density at radius 3 is 2.83 bits per heavy atom. The Bertz CT molecular complexity index is 389. The highest BCUT2D eigenvalue weighted by Gasteiger charge is 2.20. The fourth-order valence-electron chi connectivity index (χ4n) is 2.51. The van der Waals surface area contributed by atoms with E-state index in [1.165, 1.54) is 17.0 Å². The van der Waals surface area contributed by atoms with E-state index in [9.17, 15) is 0 Å². The molecule has 1 unspecified atom stereocenters. The molecular formula is C14H23N3O. The summed E-state index contributed by atoms with van der Waals surface area (Å²) in [6.07, 6.45) is 4.11. The van der Waals surface area contributed by atoms with Crippen LogP contribution in [0.15, 0.2) is 0 Å². The molecule has 0 fully saturated rings. The maximum absolute atomic E-state index is 5.52. The molecule has 18 heavy (non-hydrogen) atoms. The molecule has 4 nitrogen and oxygen atoms in total. The third-order valence-corrected chi connectivity index (χ3v) is 3.50. The molecule has 0 aromatic carbocycles. The number of aryl methyl sites for hydroxylation is 1. The predicted molar refractivity (Wildman–Crippen MR) is 71.5 cm³/mol. The quantitative estimate of drug-likeness (QED) is 0.869. The number of hydrogen-bond acceptors (Lipinski definition) is 4. The van der Waals surface area contributed by atoms with Crippen molar-refractivity contribution in [1.29, 1.82) is 0 Å². The molecule has 1 aromatic heterocycles. The lowest BCUT2D eigenvalue weighted by atomic mass is 10.0. The molecule has 0 saturated heterocycles. The minimum absolute atomic E-state index is 0.0347. The molecule has 100 valence electrons. The van der Waals surface area contributed by atoms with Gasteiger partial charge in [-0.05, 0) is 31.4 Å². The van der Waals surface area contributed by atoms with Gasteiger partial charge in [0.2, 0.25) is 0 Å². The average molecular weight is 249 g/mol. The zero-order valence-electron chi connectivity index (χ0n) is 11.6. The fourth-order valence-corrected chi connectivity index (χ4v) is 2.51. The second-order valence-corrected chi connectivity index (χ2v) is 4.75. The van der Waals surface area contributed by atoms with Crippen molar-refractivity contribution in [2.24, 2.45) is 0 Å². The Kier molecular flexibility index (Phi) is 4.66. The Hall–Kier alpha value is -1.00. The average Bonchev–Trinajstić information content (AvgIpc) is 2.43. The van der Waals surface area contributed by atoms with Crippen LogP contribution in [0.5, 0.6) is 0 Å². The van der Waals surface area contributed by atoms with Crippen LogP contribution in [0.4, 0.5) is 0 Å². The third-order valence-electron chi connectivity index (χ3n) is 3.50. The SMILES string of the molecule is CCCC(OC)c1nc(CC)c2c(n1)CNCC2. The van der Waals surface area contributed by atoms with Crippen LogP contribution in [0.25, 0.3) is 0 Å². The summed E-state index contributed by atoms with van der Waals surface area (Å²) in [5.74, 6) is 0.860. The number of methoxy groups -OCH3 is 1. The highest BCUT2D eigenvalue weighted by molar-refractivity contribution is 5.29. The van der Waals surface area contributed by atoms with Crippen LogP contribution < -0.4 is 5.32 Å². The van der Waals surface area contributed by atoms with E-state index in [1.54, 1.807) is 7.11 Å². The molecule has 1 atom stereocenters. The standard InChI is InChI=1S/C14H23N3O/c1-4-6-13(18-3)14-16-11(5-2)10-7-8-15-9-12(10)17-14/h13,15H,4-9H2,1-3H3. The molecular weight excluding hydrogens is 226 g/mol. The number of rotatable bonds is 5. The van der Waals surface area contributed by atoms with E-state index in [2.05, 4.69) is 19.2 Å². The van der Waals surface area contributed by atoms with E-state index >= 15 is 0 Å². The van der Waals surface area contributed by atoms with Crippen LogP contribution in [-0.4, -0.2) is 23.6 Å². The van der Waals surface area contributed by atoms with Gasteiger partial charge in [-0.1, -0.05) is 20.3 Å². The van der Waals surface area contributed by atoms with Crippen LogP contribution in [0.3, 0.4) is 0 Å². The molecule has 0 spiro atoms. The maximum Gasteiger partial charge on any atom is 0.157 e. The minimum atomic E-state index is 0.0347. The Labute approximate surface area is 109 Å². The second kappa shape index (κ2) is 6.25. The lowest BCUT2D eigenvalue weighted by molar-refractivity contribution is 0.0870. The van der Waals surface area contributed by atoms with Gasteiger partial charge < -0.3 is 10.1 Å². The molecule has 4 heteroatoms. The van der Waals surface area contributed by atoms with Crippen LogP contribution >= 0.6 is 0 Å². The minimum Gasteiger partial charge on any atom is -0.373 e. The first-order valence-corrected chi connectivity index (χ1v) is 6.92. The summed E-state index contributed by atoms with van der Waals surface area (Å²) in [4.78, 5) is 9.44. The number of aromatic nitrogens is 2. The largest absolute Gasteiger partial charge is 0.373 e. The van der Waals surface area contributed by atoms with Crippen molar-refractivity contribution in [3.8, 4) is 0 Å². The number of ether oxygens (including phenoxy) is 1. The number of nitrogens with zero attached hydrogens (tertiary/aromatic N) is 2. The molecule has 0 bridgehead atoms. The van der Waals surface area contributed by atoms with Gasteiger partial charge in [0, 0.05) is 19.3 Å². The van der Waals surface area contributed by atoms with Gasteiger partial charge in [-0.15, -0.1) is 0 Å². The van der Waals surface area contributed by atoms with E-state index in [0.29, 0.717) is 0 Å². The summed E-state index contributed by atoms with van der Waals surface area (Å²) in [6, 6.07) is 0. The summed E-state index contributed by atoms with van der Waals surface area (Å²) in [6.45, 7) is 6.22. The van der Waals surface area contributed by atoms with Gasteiger partial charge in [-0.2, -0.15) is 0 Å². The van der Waals surface area contributed by atoms with Crippen LogP contribution in [0, 0.1) is 0 Å². The van der Waals surface area contributed by atoms with Crippen molar-refractivity contribution in [1.82, 2.24) is 15.3 Å². The first-order chi connectivity index (χ1) is 8.80. The van der Waals surface area contributed by atoms with E-state index in [0.717, 1.165) is 44.6 Å². The lowest BCUT2D eigenvalue weighted by Gasteiger charge is -2.22. The third kappa shape index (κ3) is 2.70. The van der Waals surface area contributed by atoms with E-state index in [4.69, 9.17) is 14.7 Å². The normalized spacial score (nSPS) is 16.4. The second-order valence-electron chi connectivity index (χ2n) is 4.75. The van der Waals surface area contributed by atoms with Gasteiger partial charge in [0.15, 0.2) is 5.82 Å². The zero-order valence-corrected chi connectivity index (χ0v) is 11.6. The van der Waals surface area contributed by atoms with Crippen LogP contribution in [0.1, 0.15) is 55.6 Å². The molecule has 0 aliphatic carbocycles. The smallest absolute Gasteiger partial charge is 0.157 e. The molecule has 1 aromatic rings. The monoisotopic (exact) mass is 249 g/mol. The summed E-state index contributed by atoms with van der Waals surface area (Å²) >= 11 is 0. The molecule has 0 radical (unpaired) electrons. The van der Waals surface area contributed by atoms with Gasteiger partial charge in [-0.25, -0.2) is 9.97 Å². The molecule has 0 amide bonds. The molecule has 2 rings (SSSR count). The van der Waals surface area contributed by atoms with Crippen molar-refractivity contribution in [2.75, 3.05) is 13.7 Å². The van der Waals surface area contributed by atoms with E-state index in [1.807, 2.05) is 0 Å². The van der Waals surface area contributed by atoms with Crippen molar-refractivity contribution in [2.45, 2.75) is 52.2 Å². The Morgan fingerprint density at radius 1 is 1.33 bits per heavy atom. The van der Waals surface area contributed by atoms with Crippen LogP contribution in [0.2, 0.25) is 0 Å². The van der Waals surface area contributed by atoms with Crippen molar-refractivity contribution >= 4 is 0 Å². The first kappa shape index (κ1) is 13.4.